The Morgan fingerprint density at radius 1 is 1.41 bits per heavy atom. The molecule has 3 N–H and O–H groups in total. The average molecular weight is 390 g/mol. The summed E-state index contributed by atoms with van der Waals surface area (Å²) in [4.78, 5) is 6.72. The summed E-state index contributed by atoms with van der Waals surface area (Å²) in [6.45, 7) is 6.07. The fourth-order valence-corrected chi connectivity index (χ4v) is 2.95. The number of nitrogens with zero attached hydrogens (tertiary/aromatic N) is 2. The highest BCUT2D eigenvalue weighted by Crippen LogP contribution is 2.21. The Morgan fingerprint density at radius 2 is 2.18 bits per heavy atom. The molecule has 1 fully saturated rings. The topological polar surface area (TPSA) is 62.9 Å². The highest BCUT2D eigenvalue weighted by molar-refractivity contribution is 9.10. The number of hydrogen-bond donors (Lipinski definition) is 2. The van der Waals surface area contributed by atoms with Gasteiger partial charge in [0, 0.05) is 29.1 Å². The molecule has 0 atom stereocenters. The van der Waals surface area contributed by atoms with Crippen molar-refractivity contribution in [1.82, 2.24) is 10.2 Å². The second-order valence-corrected chi connectivity index (χ2v) is 6.49. The molecule has 1 aromatic rings. The third-order valence-corrected chi connectivity index (χ3v) is 4.34. The van der Waals surface area contributed by atoms with Crippen LogP contribution in [-0.4, -0.2) is 50.3 Å². The maximum Gasteiger partial charge on any atom is 0.188 e. The van der Waals surface area contributed by atoms with Crippen LogP contribution in [0.5, 0.6) is 0 Å². The number of morpholine rings is 1. The minimum atomic E-state index is 0.459. The van der Waals surface area contributed by atoms with Gasteiger partial charge in [0.2, 0.25) is 0 Å². The van der Waals surface area contributed by atoms with E-state index in [4.69, 9.17) is 22.1 Å². The highest BCUT2D eigenvalue weighted by atomic mass is 79.9. The Hall–Kier alpha value is -0.820. The zero-order valence-electron chi connectivity index (χ0n) is 12.5. The number of benzene rings is 1. The molecule has 0 aromatic heterocycles. The van der Waals surface area contributed by atoms with E-state index < -0.39 is 0 Å². The van der Waals surface area contributed by atoms with Crippen LogP contribution >= 0.6 is 27.5 Å². The number of rotatable bonds is 6. The van der Waals surface area contributed by atoms with E-state index in [1.54, 1.807) is 0 Å². The molecule has 0 unspecified atom stereocenters. The van der Waals surface area contributed by atoms with E-state index in [0.717, 1.165) is 55.8 Å². The summed E-state index contributed by atoms with van der Waals surface area (Å²) >= 11 is 9.53. The van der Waals surface area contributed by atoms with Crippen molar-refractivity contribution >= 4 is 33.5 Å². The summed E-state index contributed by atoms with van der Waals surface area (Å²) in [5, 5.41) is 3.83. The van der Waals surface area contributed by atoms with Crippen molar-refractivity contribution in [3.63, 3.8) is 0 Å². The van der Waals surface area contributed by atoms with E-state index in [9.17, 15) is 0 Å². The van der Waals surface area contributed by atoms with Crippen molar-refractivity contribution in [3.05, 3.63) is 33.3 Å². The largest absolute Gasteiger partial charge is 0.379 e. The minimum absolute atomic E-state index is 0.459. The first-order valence-electron chi connectivity index (χ1n) is 7.43. The molecule has 1 aromatic carbocycles. The van der Waals surface area contributed by atoms with Gasteiger partial charge in [-0.25, -0.2) is 4.99 Å². The zero-order valence-corrected chi connectivity index (χ0v) is 14.9. The van der Waals surface area contributed by atoms with Gasteiger partial charge in [-0.1, -0.05) is 33.6 Å². The summed E-state index contributed by atoms with van der Waals surface area (Å²) in [6.07, 6.45) is 1.04. The third-order valence-electron chi connectivity index (χ3n) is 3.50. The highest BCUT2D eigenvalue weighted by Gasteiger charge is 2.09. The number of nitrogens with one attached hydrogen (secondary N) is 1. The van der Waals surface area contributed by atoms with Crippen LogP contribution in [0.1, 0.15) is 12.0 Å². The van der Waals surface area contributed by atoms with Crippen LogP contribution in [0, 0.1) is 0 Å². The smallest absolute Gasteiger partial charge is 0.188 e. The number of guanidine groups is 1. The van der Waals surface area contributed by atoms with Gasteiger partial charge in [-0.3, -0.25) is 4.90 Å². The first kappa shape index (κ1) is 17.5. The van der Waals surface area contributed by atoms with Crippen molar-refractivity contribution in [1.29, 1.82) is 0 Å². The number of hydrogen-bond acceptors (Lipinski definition) is 3. The van der Waals surface area contributed by atoms with Crippen LogP contribution in [0.2, 0.25) is 5.02 Å². The fraction of sp³-hybridized carbons (Fsp3) is 0.533. The molecule has 22 heavy (non-hydrogen) atoms. The molecule has 122 valence electrons. The monoisotopic (exact) mass is 388 g/mol. The van der Waals surface area contributed by atoms with Crippen LogP contribution in [0.15, 0.2) is 27.7 Å². The van der Waals surface area contributed by atoms with E-state index in [2.05, 4.69) is 31.1 Å². The van der Waals surface area contributed by atoms with Crippen LogP contribution in [0.25, 0.3) is 0 Å². The molecule has 1 aliphatic heterocycles. The minimum Gasteiger partial charge on any atom is -0.379 e. The van der Waals surface area contributed by atoms with Crippen molar-refractivity contribution < 1.29 is 4.74 Å². The van der Waals surface area contributed by atoms with E-state index in [1.807, 2.05) is 18.2 Å². The SMILES string of the molecule is NC(=NCc1ccc(Br)cc1Cl)NCCCN1CCOCC1. The van der Waals surface area contributed by atoms with Crippen LogP contribution < -0.4 is 11.1 Å². The Morgan fingerprint density at radius 3 is 2.91 bits per heavy atom. The summed E-state index contributed by atoms with van der Waals surface area (Å²) < 4.78 is 6.28. The molecular weight excluding hydrogens is 368 g/mol. The van der Waals surface area contributed by atoms with Crippen molar-refractivity contribution in [2.45, 2.75) is 13.0 Å². The molecule has 0 aliphatic carbocycles. The van der Waals surface area contributed by atoms with E-state index in [1.165, 1.54) is 0 Å². The first-order valence-corrected chi connectivity index (χ1v) is 8.60. The number of ether oxygens (including phenoxy) is 1. The van der Waals surface area contributed by atoms with Crippen molar-refractivity contribution in [2.24, 2.45) is 10.7 Å². The Bertz CT molecular complexity index is 506. The normalized spacial score (nSPS) is 16.7. The van der Waals surface area contributed by atoms with Gasteiger partial charge < -0.3 is 15.8 Å². The van der Waals surface area contributed by atoms with Gasteiger partial charge in [-0.15, -0.1) is 0 Å². The predicted octanol–water partition coefficient (Wildman–Crippen LogP) is 2.23. The van der Waals surface area contributed by atoms with Gasteiger partial charge in [-0.05, 0) is 30.7 Å². The van der Waals surface area contributed by atoms with E-state index in [0.29, 0.717) is 17.5 Å². The maximum atomic E-state index is 6.15. The summed E-state index contributed by atoms with van der Waals surface area (Å²) in [5.74, 6) is 0.459. The molecule has 1 saturated heterocycles. The number of aliphatic imine (C=N–C) groups is 1. The van der Waals surface area contributed by atoms with Gasteiger partial charge in [0.25, 0.3) is 0 Å². The molecule has 0 amide bonds. The van der Waals surface area contributed by atoms with Crippen LogP contribution in [0.4, 0.5) is 0 Å². The van der Waals surface area contributed by atoms with E-state index >= 15 is 0 Å². The third kappa shape index (κ3) is 6.12. The summed E-state index contributed by atoms with van der Waals surface area (Å²) in [6, 6.07) is 5.75. The zero-order chi connectivity index (χ0) is 15.8. The molecule has 2 rings (SSSR count). The average Bonchev–Trinajstić information content (AvgIpc) is 2.52. The number of halogens is 2. The van der Waals surface area contributed by atoms with Gasteiger partial charge >= 0.3 is 0 Å². The molecule has 0 radical (unpaired) electrons. The molecule has 5 nitrogen and oxygen atoms in total. The van der Waals surface area contributed by atoms with Gasteiger partial charge in [0.1, 0.15) is 0 Å². The summed E-state index contributed by atoms with van der Waals surface area (Å²) in [7, 11) is 0. The maximum absolute atomic E-state index is 6.15. The molecule has 0 spiro atoms. The Labute approximate surface area is 145 Å². The predicted molar refractivity (Wildman–Crippen MR) is 94.4 cm³/mol. The molecule has 1 aliphatic rings. The lowest BCUT2D eigenvalue weighted by Crippen LogP contribution is -2.39. The van der Waals surface area contributed by atoms with Gasteiger partial charge in [0.15, 0.2) is 5.96 Å². The summed E-state index contributed by atoms with van der Waals surface area (Å²) in [5.41, 5.74) is 6.83. The lowest BCUT2D eigenvalue weighted by Gasteiger charge is -2.26. The van der Waals surface area contributed by atoms with E-state index in [-0.39, 0.29) is 0 Å². The molecule has 1 heterocycles. The lowest BCUT2D eigenvalue weighted by molar-refractivity contribution is 0.0376. The molecular formula is C15H22BrClN4O. The molecule has 7 heteroatoms. The quantitative estimate of drug-likeness (QED) is 0.445. The first-order chi connectivity index (χ1) is 10.6. The standard InChI is InChI=1S/C15H22BrClN4O/c16-13-3-2-12(14(17)10-13)11-20-15(18)19-4-1-5-21-6-8-22-9-7-21/h2-3,10H,1,4-9,11H2,(H3,18,19,20). The van der Waals surface area contributed by atoms with Gasteiger partial charge in [0.05, 0.1) is 19.8 Å². The number of nitrogens with two attached hydrogens (primary N) is 1. The molecule has 0 saturated carbocycles. The Kier molecular flexibility index (Phi) is 7.45. The second-order valence-electron chi connectivity index (χ2n) is 5.17. The fourth-order valence-electron chi connectivity index (χ4n) is 2.22. The van der Waals surface area contributed by atoms with Crippen molar-refractivity contribution in [2.75, 3.05) is 39.4 Å². The van der Waals surface area contributed by atoms with Gasteiger partial charge in [-0.2, -0.15) is 0 Å². The Balaban J connectivity index is 1.66. The van der Waals surface area contributed by atoms with Crippen LogP contribution in [0.3, 0.4) is 0 Å². The second kappa shape index (κ2) is 9.35. The van der Waals surface area contributed by atoms with Crippen molar-refractivity contribution in [3.8, 4) is 0 Å². The lowest BCUT2D eigenvalue weighted by atomic mass is 10.2. The van der Waals surface area contributed by atoms with Crippen LogP contribution in [-0.2, 0) is 11.3 Å². The molecule has 0 bridgehead atoms.